The van der Waals surface area contributed by atoms with Crippen LogP contribution < -0.4 is 14.9 Å². The molecule has 0 saturated carbocycles. The summed E-state index contributed by atoms with van der Waals surface area (Å²) in [7, 11) is -3.96. The number of amides is 2. The van der Waals surface area contributed by atoms with Crippen molar-refractivity contribution < 1.29 is 27.7 Å². The summed E-state index contributed by atoms with van der Waals surface area (Å²) in [5.41, 5.74) is 0.586. The van der Waals surface area contributed by atoms with E-state index in [1.807, 2.05) is 0 Å². The molecule has 1 atom stereocenters. The molecule has 0 aromatic heterocycles. The lowest BCUT2D eigenvalue weighted by atomic mass is 10.1. The molecule has 1 heterocycles. The molecule has 0 bridgehead atoms. The lowest BCUT2D eigenvalue weighted by Crippen LogP contribution is -2.38. The van der Waals surface area contributed by atoms with Crippen LogP contribution in [0, 0.1) is 17.0 Å². The molecule has 34 heavy (non-hydrogen) atoms. The average molecular weight is 491 g/mol. The first-order valence-corrected chi connectivity index (χ1v) is 12.4. The first-order valence-electron chi connectivity index (χ1n) is 10.6. The highest BCUT2D eigenvalue weighted by atomic mass is 32.2. The smallest absolute Gasteiger partial charge is 0.271 e. The molecular weight excluding hydrogens is 464 g/mol. The van der Waals surface area contributed by atoms with Crippen LogP contribution in [0.15, 0.2) is 42.5 Å². The van der Waals surface area contributed by atoms with Crippen molar-refractivity contribution in [2.45, 2.75) is 25.9 Å². The van der Waals surface area contributed by atoms with Gasteiger partial charge in [0.25, 0.3) is 11.6 Å². The number of sulfonamides is 1. The van der Waals surface area contributed by atoms with E-state index in [4.69, 9.17) is 4.74 Å². The molecule has 0 spiro atoms. The molecule has 2 amide bonds. The summed E-state index contributed by atoms with van der Waals surface area (Å²) in [5, 5.41) is 16.5. The summed E-state index contributed by atoms with van der Waals surface area (Å²) in [5.74, 6) is -1.11. The number of hydrogen-bond donors (Lipinski definition) is 2. The third-order valence-electron chi connectivity index (χ3n) is 5.32. The summed E-state index contributed by atoms with van der Waals surface area (Å²) in [6.07, 6.45) is 2.66. The van der Waals surface area contributed by atoms with E-state index in [2.05, 4.69) is 10.6 Å². The standard InChI is InChI=1S/C22H26N4O7S/c1-15-9-10-16(26(29)30)12-20(15)25(34(2,31)32)14-21(27)24-19-8-4-3-7-18(19)22(28)23-13-17-6-5-11-33-17/h3-4,7-10,12,17H,5-6,11,13-14H2,1-2H3,(H,23,28)(H,24,27)/t17-/m0/s1. The van der Waals surface area contributed by atoms with E-state index in [-0.39, 0.29) is 28.7 Å². The maximum Gasteiger partial charge on any atom is 0.271 e. The van der Waals surface area contributed by atoms with Crippen LogP contribution >= 0.6 is 0 Å². The highest BCUT2D eigenvalue weighted by Gasteiger charge is 2.25. The van der Waals surface area contributed by atoms with Gasteiger partial charge in [-0.2, -0.15) is 0 Å². The maximum atomic E-state index is 12.8. The van der Waals surface area contributed by atoms with E-state index in [9.17, 15) is 28.1 Å². The molecule has 12 heteroatoms. The number of nitro benzene ring substituents is 1. The van der Waals surface area contributed by atoms with E-state index in [0.717, 1.165) is 29.5 Å². The SMILES string of the molecule is Cc1ccc([N+](=O)[O-])cc1N(CC(=O)Nc1ccccc1C(=O)NC[C@@H]1CCCO1)S(C)(=O)=O. The van der Waals surface area contributed by atoms with Crippen LogP contribution in [0.3, 0.4) is 0 Å². The Morgan fingerprint density at radius 3 is 2.62 bits per heavy atom. The molecule has 182 valence electrons. The summed E-state index contributed by atoms with van der Waals surface area (Å²) < 4.78 is 31.2. The number of para-hydroxylation sites is 1. The second-order valence-electron chi connectivity index (χ2n) is 7.94. The fraction of sp³-hybridized carbons (Fsp3) is 0.364. The Kier molecular flexibility index (Phi) is 7.84. The van der Waals surface area contributed by atoms with Crippen LogP contribution in [0.2, 0.25) is 0 Å². The zero-order chi connectivity index (χ0) is 24.9. The Morgan fingerprint density at radius 2 is 1.97 bits per heavy atom. The number of ether oxygens (including phenoxy) is 1. The van der Waals surface area contributed by atoms with Gasteiger partial charge in [-0.25, -0.2) is 8.42 Å². The number of hydrogen-bond acceptors (Lipinski definition) is 7. The second-order valence-corrected chi connectivity index (χ2v) is 9.84. The lowest BCUT2D eigenvalue weighted by molar-refractivity contribution is -0.384. The van der Waals surface area contributed by atoms with Gasteiger partial charge in [0.1, 0.15) is 6.54 Å². The Morgan fingerprint density at radius 1 is 1.24 bits per heavy atom. The number of nitro groups is 1. The zero-order valence-corrected chi connectivity index (χ0v) is 19.6. The summed E-state index contributed by atoms with van der Waals surface area (Å²) in [4.78, 5) is 36.0. The normalized spacial score (nSPS) is 15.5. The van der Waals surface area contributed by atoms with Gasteiger partial charge < -0.3 is 15.4 Å². The van der Waals surface area contributed by atoms with Crippen molar-refractivity contribution in [1.82, 2.24) is 5.32 Å². The van der Waals surface area contributed by atoms with Crippen LogP contribution in [0.5, 0.6) is 0 Å². The number of nitrogens with zero attached hydrogens (tertiary/aromatic N) is 2. The molecule has 2 aromatic carbocycles. The highest BCUT2D eigenvalue weighted by molar-refractivity contribution is 7.92. The molecule has 2 N–H and O–H groups in total. The molecule has 0 unspecified atom stereocenters. The minimum absolute atomic E-state index is 0.0226. The average Bonchev–Trinajstić information content (AvgIpc) is 3.29. The number of carbonyl (C=O) groups is 2. The monoisotopic (exact) mass is 490 g/mol. The number of carbonyl (C=O) groups excluding carboxylic acids is 2. The number of anilines is 2. The molecule has 1 saturated heterocycles. The van der Waals surface area contributed by atoms with E-state index in [1.54, 1.807) is 25.1 Å². The summed E-state index contributed by atoms with van der Waals surface area (Å²) in [6, 6.07) is 10.1. The minimum Gasteiger partial charge on any atom is -0.376 e. The Balaban J connectivity index is 1.78. The number of rotatable bonds is 9. The number of aryl methyl sites for hydroxylation is 1. The molecular formula is C22H26N4O7S. The van der Waals surface area contributed by atoms with Crippen molar-refractivity contribution in [1.29, 1.82) is 0 Å². The molecule has 11 nitrogen and oxygen atoms in total. The fourth-order valence-electron chi connectivity index (χ4n) is 3.58. The van der Waals surface area contributed by atoms with Crippen LogP contribution in [0.1, 0.15) is 28.8 Å². The quantitative estimate of drug-likeness (QED) is 0.404. The number of non-ortho nitro benzene ring substituents is 1. The van der Waals surface area contributed by atoms with Crippen molar-refractivity contribution >= 4 is 38.9 Å². The van der Waals surface area contributed by atoms with Gasteiger partial charge in [0.05, 0.1) is 34.2 Å². The maximum absolute atomic E-state index is 12.8. The number of benzene rings is 2. The van der Waals surface area contributed by atoms with Gasteiger partial charge >= 0.3 is 0 Å². The van der Waals surface area contributed by atoms with Gasteiger partial charge in [-0.15, -0.1) is 0 Å². The number of nitrogens with one attached hydrogen (secondary N) is 2. The molecule has 2 aromatic rings. The second kappa shape index (κ2) is 10.6. The first-order chi connectivity index (χ1) is 16.1. The summed E-state index contributed by atoms with van der Waals surface area (Å²) >= 11 is 0. The van der Waals surface area contributed by atoms with Gasteiger partial charge in [0.15, 0.2) is 0 Å². The van der Waals surface area contributed by atoms with Crippen molar-refractivity contribution in [3.8, 4) is 0 Å². The fourth-order valence-corrected chi connectivity index (χ4v) is 4.48. The van der Waals surface area contributed by atoms with Crippen LogP contribution in [-0.4, -0.2) is 57.2 Å². The highest BCUT2D eigenvalue weighted by Crippen LogP contribution is 2.27. The predicted molar refractivity (Wildman–Crippen MR) is 126 cm³/mol. The molecule has 1 aliphatic heterocycles. The predicted octanol–water partition coefficient (Wildman–Crippen LogP) is 2.22. The lowest BCUT2D eigenvalue weighted by Gasteiger charge is -2.23. The molecule has 1 fully saturated rings. The van der Waals surface area contributed by atoms with Gasteiger partial charge in [0, 0.05) is 25.3 Å². The first kappa shape index (κ1) is 25.1. The Bertz CT molecular complexity index is 1190. The van der Waals surface area contributed by atoms with E-state index in [0.29, 0.717) is 18.7 Å². The summed E-state index contributed by atoms with van der Waals surface area (Å²) in [6.45, 7) is 1.96. The van der Waals surface area contributed by atoms with Crippen molar-refractivity contribution in [3.05, 3.63) is 63.7 Å². The van der Waals surface area contributed by atoms with Gasteiger partial charge in [-0.3, -0.25) is 24.0 Å². The van der Waals surface area contributed by atoms with Crippen LogP contribution in [0.25, 0.3) is 0 Å². The van der Waals surface area contributed by atoms with Gasteiger partial charge in [-0.1, -0.05) is 18.2 Å². The Hall–Kier alpha value is -3.51. The topological polar surface area (TPSA) is 148 Å². The van der Waals surface area contributed by atoms with E-state index < -0.39 is 33.3 Å². The molecule has 0 radical (unpaired) electrons. The minimum atomic E-state index is -3.96. The van der Waals surface area contributed by atoms with Crippen molar-refractivity contribution in [2.75, 3.05) is 35.6 Å². The molecule has 0 aliphatic carbocycles. The Labute approximate surface area is 197 Å². The van der Waals surface area contributed by atoms with E-state index >= 15 is 0 Å². The van der Waals surface area contributed by atoms with E-state index in [1.165, 1.54) is 18.2 Å². The van der Waals surface area contributed by atoms with Crippen molar-refractivity contribution in [2.24, 2.45) is 0 Å². The zero-order valence-electron chi connectivity index (χ0n) is 18.8. The van der Waals surface area contributed by atoms with Crippen LogP contribution in [-0.2, 0) is 19.6 Å². The van der Waals surface area contributed by atoms with Crippen LogP contribution in [0.4, 0.5) is 17.1 Å². The third-order valence-corrected chi connectivity index (χ3v) is 6.45. The largest absolute Gasteiger partial charge is 0.376 e. The van der Waals surface area contributed by atoms with Gasteiger partial charge in [0.2, 0.25) is 15.9 Å². The molecule has 1 aliphatic rings. The van der Waals surface area contributed by atoms with Gasteiger partial charge in [-0.05, 0) is 37.5 Å². The van der Waals surface area contributed by atoms with Crippen molar-refractivity contribution in [3.63, 3.8) is 0 Å². The third kappa shape index (κ3) is 6.29. The molecule has 3 rings (SSSR count).